The highest BCUT2D eigenvalue weighted by molar-refractivity contribution is 9.10. The molecule has 0 radical (unpaired) electrons. The van der Waals surface area contributed by atoms with Crippen LogP contribution in [0.3, 0.4) is 0 Å². The Morgan fingerprint density at radius 3 is 2.76 bits per heavy atom. The van der Waals surface area contributed by atoms with E-state index in [1.165, 1.54) is 5.39 Å². The van der Waals surface area contributed by atoms with Crippen LogP contribution >= 0.6 is 28.1 Å². The van der Waals surface area contributed by atoms with Crippen molar-refractivity contribution in [2.24, 2.45) is 11.7 Å². The molecule has 1 aromatic carbocycles. The molecule has 0 aliphatic rings. The number of pyridine rings is 1. The van der Waals surface area contributed by atoms with E-state index < -0.39 is 0 Å². The molecule has 0 unspecified atom stereocenters. The third-order valence-corrected chi connectivity index (χ3v) is 4.14. The number of thiocarbonyl (C=S) groups is 1. The van der Waals surface area contributed by atoms with E-state index in [0.717, 1.165) is 28.8 Å². The van der Waals surface area contributed by atoms with Crippen LogP contribution in [0, 0.1) is 5.92 Å². The molecule has 3 nitrogen and oxygen atoms in total. The predicted molar refractivity (Wildman–Crippen MR) is 97.9 cm³/mol. The van der Waals surface area contributed by atoms with Crippen LogP contribution in [0.25, 0.3) is 10.8 Å². The maximum absolute atomic E-state index is 5.66. The van der Waals surface area contributed by atoms with Gasteiger partial charge in [0.2, 0.25) is 0 Å². The summed E-state index contributed by atoms with van der Waals surface area (Å²) in [6.45, 7) is 6.14. The number of anilines is 1. The lowest BCUT2D eigenvalue weighted by Crippen LogP contribution is -2.31. The van der Waals surface area contributed by atoms with Crippen molar-refractivity contribution in [2.75, 3.05) is 18.0 Å². The topological polar surface area (TPSA) is 42.1 Å². The Bertz CT molecular complexity index is 642. The normalized spacial score (nSPS) is 11.0. The number of benzene rings is 1. The molecule has 2 aromatic rings. The van der Waals surface area contributed by atoms with Crippen LogP contribution in [0.1, 0.15) is 20.3 Å². The van der Waals surface area contributed by atoms with Crippen LogP contribution in [-0.4, -0.2) is 23.1 Å². The number of nitrogens with two attached hydrogens (primary N) is 1. The molecule has 0 atom stereocenters. The van der Waals surface area contributed by atoms with Crippen LogP contribution in [0.4, 0.5) is 5.82 Å². The van der Waals surface area contributed by atoms with Crippen LogP contribution in [0.15, 0.2) is 34.9 Å². The Morgan fingerprint density at radius 1 is 1.33 bits per heavy atom. The van der Waals surface area contributed by atoms with Crippen molar-refractivity contribution in [3.63, 3.8) is 0 Å². The lowest BCUT2D eigenvalue weighted by atomic mass is 10.1. The first-order chi connectivity index (χ1) is 9.99. The number of fused-ring (bicyclic) bond motifs is 1. The molecule has 1 aromatic heterocycles. The highest BCUT2D eigenvalue weighted by Gasteiger charge is 2.14. The standard InChI is InChI=1S/C16H20BrN3S/c1-11(2)10-20(9-7-15(18)21)16-13-4-3-5-14(17)12(13)6-8-19-16/h3-6,8,11H,7,9-10H2,1-2H3,(H2,18,21). The maximum Gasteiger partial charge on any atom is 0.136 e. The van der Waals surface area contributed by atoms with Crippen molar-refractivity contribution in [1.29, 1.82) is 0 Å². The summed E-state index contributed by atoms with van der Waals surface area (Å²) in [5, 5.41) is 2.32. The van der Waals surface area contributed by atoms with Gasteiger partial charge in [0, 0.05) is 41.0 Å². The van der Waals surface area contributed by atoms with E-state index in [9.17, 15) is 0 Å². The minimum Gasteiger partial charge on any atom is -0.393 e. The Labute approximate surface area is 139 Å². The molecule has 0 bridgehead atoms. The minimum atomic E-state index is 0.542. The molecule has 0 aliphatic heterocycles. The first-order valence-corrected chi connectivity index (χ1v) is 8.25. The first kappa shape index (κ1) is 16.2. The summed E-state index contributed by atoms with van der Waals surface area (Å²) in [5.74, 6) is 1.54. The second-order valence-corrected chi connectivity index (χ2v) is 6.90. The number of nitrogens with zero attached hydrogens (tertiary/aromatic N) is 2. The second kappa shape index (κ2) is 7.18. The number of aromatic nitrogens is 1. The average Bonchev–Trinajstić information content (AvgIpc) is 2.43. The second-order valence-electron chi connectivity index (χ2n) is 5.53. The maximum atomic E-state index is 5.66. The first-order valence-electron chi connectivity index (χ1n) is 7.05. The van der Waals surface area contributed by atoms with Crippen molar-refractivity contribution in [2.45, 2.75) is 20.3 Å². The molecule has 5 heteroatoms. The summed E-state index contributed by atoms with van der Waals surface area (Å²) in [5.41, 5.74) is 5.66. The highest BCUT2D eigenvalue weighted by Crippen LogP contribution is 2.30. The van der Waals surface area contributed by atoms with Crippen molar-refractivity contribution in [1.82, 2.24) is 4.98 Å². The number of hydrogen-bond acceptors (Lipinski definition) is 3. The van der Waals surface area contributed by atoms with Gasteiger partial charge in [-0.15, -0.1) is 0 Å². The molecule has 0 saturated heterocycles. The predicted octanol–water partition coefficient (Wildman–Crippen LogP) is 4.14. The van der Waals surface area contributed by atoms with E-state index in [0.29, 0.717) is 17.3 Å². The lowest BCUT2D eigenvalue weighted by Gasteiger charge is -2.26. The van der Waals surface area contributed by atoms with E-state index in [4.69, 9.17) is 18.0 Å². The molecule has 0 amide bonds. The van der Waals surface area contributed by atoms with Gasteiger partial charge in [0.1, 0.15) is 5.82 Å². The van der Waals surface area contributed by atoms with E-state index in [1.54, 1.807) is 0 Å². The molecule has 2 N–H and O–H groups in total. The summed E-state index contributed by atoms with van der Waals surface area (Å²) in [6.07, 6.45) is 2.56. The van der Waals surface area contributed by atoms with Gasteiger partial charge in [-0.1, -0.05) is 54.1 Å². The molecule has 0 fully saturated rings. The average molecular weight is 366 g/mol. The summed E-state index contributed by atoms with van der Waals surface area (Å²) in [4.78, 5) is 7.42. The van der Waals surface area contributed by atoms with Crippen LogP contribution < -0.4 is 10.6 Å². The SMILES string of the molecule is CC(C)CN(CCC(N)=S)c1nccc2c(Br)cccc12. The molecule has 21 heavy (non-hydrogen) atoms. The molecule has 1 heterocycles. The third kappa shape index (κ3) is 4.14. The van der Waals surface area contributed by atoms with Gasteiger partial charge < -0.3 is 10.6 Å². The van der Waals surface area contributed by atoms with Crippen LogP contribution in [-0.2, 0) is 0 Å². The van der Waals surface area contributed by atoms with E-state index in [-0.39, 0.29) is 0 Å². The minimum absolute atomic E-state index is 0.542. The highest BCUT2D eigenvalue weighted by atomic mass is 79.9. The van der Waals surface area contributed by atoms with Gasteiger partial charge in [-0.05, 0) is 18.1 Å². The fraction of sp³-hybridized carbons (Fsp3) is 0.375. The largest absolute Gasteiger partial charge is 0.393 e. The molecule has 112 valence electrons. The van der Waals surface area contributed by atoms with Crippen molar-refractivity contribution < 1.29 is 0 Å². The van der Waals surface area contributed by atoms with Crippen LogP contribution in [0.5, 0.6) is 0 Å². The molecular weight excluding hydrogens is 346 g/mol. The molecule has 0 saturated carbocycles. The van der Waals surface area contributed by atoms with Gasteiger partial charge in [-0.3, -0.25) is 0 Å². The van der Waals surface area contributed by atoms with Gasteiger partial charge in [0.15, 0.2) is 0 Å². The zero-order chi connectivity index (χ0) is 15.4. The zero-order valence-corrected chi connectivity index (χ0v) is 14.7. The Morgan fingerprint density at radius 2 is 2.10 bits per heavy atom. The summed E-state index contributed by atoms with van der Waals surface area (Å²) >= 11 is 8.62. The summed E-state index contributed by atoms with van der Waals surface area (Å²) in [7, 11) is 0. The summed E-state index contributed by atoms with van der Waals surface area (Å²) in [6, 6.07) is 8.23. The van der Waals surface area contributed by atoms with Gasteiger partial charge in [0.05, 0.1) is 4.99 Å². The fourth-order valence-corrected chi connectivity index (χ4v) is 2.96. The van der Waals surface area contributed by atoms with Gasteiger partial charge in [-0.2, -0.15) is 0 Å². The number of halogens is 1. The van der Waals surface area contributed by atoms with E-state index in [1.807, 2.05) is 24.4 Å². The number of hydrogen-bond donors (Lipinski definition) is 1. The van der Waals surface area contributed by atoms with Crippen LogP contribution in [0.2, 0.25) is 0 Å². The van der Waals surface area contributed by atoms with Gasteiger partial charge >= 0.3 is 0 Å². The Kier molecular flexibility index (Phi) is 5.53. The van der Waals surface area contributed by atoms with Gasteiger partial charge in [-0.25, -0.2) is 4.98 Å². The zero-order valence-electron chi connectivity index (χ0n) is 12.3. The summed E-state index contributed by atoms with van der Waals surface area (Å²) < 4.78 is 1.09. The van der Waals surface area contributed by atoms with Gasteiger partial charge in [0.25, 0.3) is 0 Å². The van der Waals surface area contributed by atoms with Crippen molar-refractivity contribution >= 4 is 49.7 Å². The molecule has 2 rings (SSSR count). The quantitative estimate of drug-likeness (QED) is 0.781. The smallest absolute Gasteiger partial charge is 0.136 e. The van der Waals surface area contributed by atoms with E-state index >= 15 is 0 Å². The Balaban J connectivity index is 2.43. The van der Waals surface area contributed by atoms with Crippen molar-refractivity contribution in [3.05, 3.63) is 34.9 Å². The third-order valence-electron chi connectivity index (χ3n) is 3.25. The lowest BCUT2D eigenvalue weighted by molar-refractivity contribution is 0.611. The van der Waals surface area contributed by atoms with E-state index in [2.05, 4.69) is 45.7 Å². The monoisotopic (exact) mass is 365 g/mol. The molecular formula is C16H20BrN3S. The fourth-order valence-electron chi connectivity index (χ4n) is 2.37. The number of rotatable bonds is 6. The van der Waals surface area contributed by atoms with Crippen molar-refractivity contribution in [3.8, 4) is 0 Å². The Hall–Kier alpha value is -1.20. The molecule has 0 aliphatic carbocycles. The molecule has 0 spiro atoms.